The molecular weight excluding hydrogens is 166 g/mol. The maximum atomic E-state index is 10.5. The lowest BCUT2D eigenvalue weighted by Crippen LogP contribution is -2.14. The van der Waals surface area contributed by atoms with Crippen LogP contribution >= 0.6 is 0 Å². The van der Waals surface area contributed by atoms with Crippen LogP contribution in [0.2, 0.25) is 0 Å². The number of primary sulfonamides is 1. The summed E-state index contributed by atoms with van der Waals surface area (Å²) in [5.41, 5.74) is 0.519. The van der Waals surface area contributed by atoms with Gasteiger partial charge in [-0.2, -0.15) is 0 Å². The summed E-state index contributed by atoms with van der Waals surface area (Å²) in [6.45, 7) is 1.74. The molecule has 0 saturated heterocycles. The summed E-state index contributed by atoms with van der Waals surface area (Å²) < 4.78 is 21.1. The lowest BCUT2D eigenvalue weighted by molar-refractivity contribution is 0.596. The van der Waals surface area contributed by atoms with Gasteiger partial charge in [-0.05, 0) is 6.92 Å². The normalized spacial score (nSPS) is 11.8. The van der Waals surface area contributed by atoms with E-state index in [1.807, 2.05) is 0 Å². The maximum absolute atomic E-state index is 10.5. The molecule has 1 heterocycles. The molecule has 6 heteroatoms. The molecule has 62 valence electrons. The Morgan fingerprint density at radius 1 is 1.73 bits per heavy atom. The molecule has 1 aromatic rings. The van der Waals surface area contributed by atoms with Crippen LogP contribution in [0.25, 0.3) is 0 Å². The molecule has 1 aromatic heterocycles. The third kappa shape index (κ3) is 2.69. The van der Waals surface area contributed by atoms with Gasteiger partial charge in [-0.25, -0.2) is 18.5 Å². The third-order valence-electron chi connectivity index (χ3n) is 1.11. The van der Waals surface area contributed by atoms with Gasteiger partial charge in [-0.1, -0.05) is 0 Å². The Morgan fingerprint density at radius 3 is 2.73 bits per heavy atom. The summed E-state index contributed by atoms with van der Waals surface area (Å²) in [4.78, 5) is 6.59. The quantitative estimate of drug-likeness (QED) is 0.635. The Bertz CT molecular complexity index is 340. The van der Waals surface area contributed by atoms with Crippen molar-refractivity contribution in [2.45, 2.75) is 12.7 Å². The second-order valence-electron chi connectivity index (χ2n) is 2.30. The van der Waals surface area contributed by atoms with Crippen LogP contribution in [0.5, 0.6) is 0 Å². The van der Waals surface area contributed by atoms with E-state index in [2.05, 4.69) is 9.97 Å². The lowest BCUT2D eigenvalue weighted by atomic mass is 10.6. The highest BCUT2D eigenvalue weighted by Gasteiger charge is 2.05. The topological polar surface area (TPSA) is 88.8 Å². The van der Waals surface area contributed by atoms with Gasteiger partial charge in [0.25, 0.3) is 0 Å². The molecule has 11 heavy (non-hydrogen) atoms. The number of aryl methyl sites for hydroxylation is 1. The fourth-order valence-corrected chi connectivity index (χ4v) is 1.34. The number of rotatable bonds is 2. The Morgan fingerprint density at radius 2 is 2.36 bits per heavy atom. The van der Waals surface area contributed by atoms with Crippen molar-refractivity contribution in [3.63, 3.8) is 0 Å². The number of nitrogens with two attached hydrogens (primary N) is 1. The Balaban J connectivity index is 2.81. The molecule has 0 aliphatic carbocycles. The monoisotopic (exact) mass is 175 g/mol. The van der Waals surface area contributed by atoms with E-state index in [9.17, 15) is 8.42 Å². The highest BCUT2D eigenvalue weighted by atomic mass is 32.2. The zero-order valence-corrected chi connectivity index (χ0v) is 6.85. The molecule has 5 nitrogen and oxygen atoms in total. The van der Waals surface area contributed by atoms with E-state index < -0.39 is 10.0 Å². The van der Waals surface area contributed by atoms with Gasteiger partial charge in [0, 0.05) is 6.20 Å². The molecule has 0 radical (unpaired) electrons. The van der Waals surface area contributed by atoms with Crippen LogP contribution in [0.1, 0.15) is 11.5 Å². The fourth-order valence-electron chi connectivity index (χ4n) is 0.762. The minimum atomic E-state index is -3.44. The molecule has 1 rings (SSSR count). The third-order valence-corrected chi connectivity index (χ3v) is 1.83. The summed E-state index contributed by atoms with van der Waals surface area (Å²) in [5.74, 6) is 0.497. The van der Waals surface area contributed by atoms with Crippen LogP contribution in [0.3, 0.4) is 0 Å². The second kappa shape index (κ2) is 2.63. The summed E-state index contributed by atoms with van der Waals surface area (Å²) in [6.07, 6.45) is 1.46. The molecule has 0 aliphatic rings. The first-order chi connectivity index (χ1) is 4.97. The van der Waals surface area contributed by atoms with E-state index in [-0.39, 0.29) is 5.75 Å². The van der Waals surface area contributed by atoms with Crippen molar-refractivity contribution in [3.05, 3.63) is 17.7 Å². The number of nitrogens with zero attached hydrogens (tertiary/aromatic N) is 1. The molecule has 0 atom stereocenters. The summed E-state index contributed by atoms with van der Waals surface area (Å²) in [7, 11) is -3.44. The van der Waals surface area contributed by atoms with Crippen LogP contribution in [-0.4, -0.2) is 18.4 Å². The van der Waals surface area contributed by atoms with E-state index in [0.717, 1.165) is 0 Å². The largest absolute Gasteiger partial charge is 0.345 e. The highest BCUT2D eigenvalue weighted by Crippen LogP contribution is 1.98. The maximum Gasteiger partial charge on any atom is 0.214 e. The average molecular weight is 175 g/mol. The predicted molar refractivity (Wildman–Crippen MR) is 40.1 cm³/mol. The summed E-state index contributed by atoms with van der Waals surface area (Å²) in [5, 5.41) is 4.80. The number of hydrogen-bond acceptors (Lipinski definition) is 3. The van der Waals surface area contributed by atoms with Gasteiger partial charge in [-0.15, -0.1) is 0 Å². The van der Waals surface area contributed by atoms with Crippen molar-refractivity contribution in [3.8, 4) is 0 Å². The van der Waals surface area contributed by atoms with E-state index >= 15 is 0 Å². The SMILES string of the molecule is Cc1ncc(CS(N)(=O)=O)[nH]1. The van der Waals surface area contributed by atoms with Crippen molar-refractivity contribution in [1.29, 1.82) is 0 Å². The van der Waals surface area contributed by atoms with Crippen LogP contribution in [0.4, 0.5) is 0 Å². The van der Waals surface area contributed by atoms with Crippen molar-refractivity contribution in [2.75, 3.05) is 0 Å². The van der Waals surface area contributed by atoms with Crippen LogP contribution in [-0.2, 0) is 15.8 Å². The number of nitrogens with one attached hydrogen (secondary N) is 1. The fraction of sp³-hybridized carbons (Fsp3) is 0.400. The first-order valence-electron chi connectivity index (χ1n) is 2.98. The van der Waals surface area contributed by atoms with Crippen molar-refractivity contribution < 1.29 is 8.42 Å². The van der Waals surface area contributed by atoms with Crippen LogP contribution < -0.4 is 5.14 Å². The van der Waals surface area contributed by atoms with Gasteiger partial charge in [0.2, 0.25) is 10.0 Å². The minimum absolute atomic E-state index is 0.187. The molecule has 0 amide bonds. The zero-order chi connectivity index (χ0) is 8.48. The highest BCUT2D eigenvalue weighted by molar-refractivity contribution is 7.88. The van der Waals surface area contributed by atoms with Gasteiger partial charge in [0.1, 0.15) is 11.6 Å². The molecule has 0 saturated carbocycles. The van der Waals surface area contributed by atoms with E-state index in [1.54, 1.807) is 6.92 Å². The first-order valence-corrected chi connectivity index (χ1v) is 4.70. The van der Waals surface area contributed by atoms with E-state index in [4.69, 9.17) is 5.14 Å². The van der Waals surface area contributed by atoms with Gasteiger partial charge in [-0.3, -0.25) is 0 Å². The number of sulfonamides is 1. The smallest absolute Gasteiger partial charge is 0.214 e. The molecule has 3 N–H and O–H groups in total. The van der Waals surface area contributed by atoms with Crippen molar-refractivity contribution in [1.82, 2.24) is 9.97 Å². The number of hydrogen-bond donors (Lipinski definition) is 2. The Labute approximate surface area is 64.7 Å². The first kappa shape index (κ1) is 8.22. The molecule has 0 bridgehead atoms. The van der Waals surface area contributed by atoms with E-state index in [1.165, 1.54) is 6.20 Å². The Kier molecular flexibility index (Phi) is 1.97. The second-order valence-corrected chi connectivity index (χ2v) is 3.92. The molecular formula is C5H9N3O2S. The predicted octanol–water partition coefficient (Wildman–Crippen LogP) is -0.493. The van der Waals surface area contributed by atoms with Crippen LogP contribution in [0.15, 0.2) is 6.20 Å². The minimum Gasteiger partial charge on any atom is -0.345 e. The number of aromatic amines is 1. The van der Waals surface area contributed by atoms with Gasteiger partial charge >= 0.3 is 0 Å². The van der Waals surface area contributed by atoms with E-state index in [0.29, 0.717) is 11.5 Å². The average Bonchev–Trinajstić information content (AvgIpc) is 2.10. The van der Waals surface area contributed by atoms with Gasteiger partial charge in [0.05, 0.1) is 5.69 Å². The number of imidazole rings is 1. The summed E-state index contributed by atoms with van der Waals surface area (Å²) in [6, 6.07) is 0. The molecule has 0 spiro atoms. The van der Waals surface area contributed by atoms with Gasteiger partial charge < -0.3 is 4.98 Å². The standard InChI is InChI=1S/C5H9N3O2S/c1-4-7-2-5(8-4)3-11(6,9)10/h2H,3H2,1H3,(H,7,8)(H2,6,9,10). The lowest BCUT2D eigenvalue weighted by Gasteiger charge is -1.91. The molecule has 0 unspecified atom stereocenters. The summed E-state index contributed by atoms with van der Waals surface area (Å²) >= 11 is 0. The number of aromatic nitrogens is 2. The van der Waals surface area contributed by atoms with Crippen molar-refractivity contribution in [2.24, 2.45) is 5.14 Å². The van der Waals surface area contributed by atoms with Crippen molar-refractivity contribution >= 4 is 10.0 Å². The number of H-pyrrole nitrogens is 1. The van der Waals surface area contributed by atoms with Gasteiger partial charge in [0.15, 0.2) is 0 Å². The zero-order valence-electron chi connectivity index (χ0n) is 6.03. The molecule has 0 aromatic carbocycles. The molecule has 0 aliphatic heterocycles. The Hall–Kier alpha value is -0.880. The van der Waals surface area contributed by atoms with Crippen LogP contribution in [0, 0.1) is 6.92 Å². The molecule has 0 fully saturated rings.